The highest BCUT2D eigenvalue weighted by atomic mass is 16.5. The number of benzene rings is 1. The van der Waals surface area contributed by atoms with Gasteiger partial charge in [0.05, 0.1) is 30.3 Å². The first-order valence-electron chi connectivity index (χ1n) is 14.2. The van der Waals surface area contributed by atoms with E-state index in [1.807, 2.05) is 0 Å². The topological polar surface area (TPSA) is 100 Å². The molecule has 0 aromatic heterocycles. The van der Waals surface area contributed by atoms with Crippen LogP contribution < -0.4 is 20.1 Å². The molecule has 0 aliphatic heterocycles. The summed E-state index contributed by atoms with van der Waals surface area (Å²) in [6, 6.07) is 5.29. The molecule has 5 fully saturated rings. The number of rotatable bonds is 8. The van der Waals surface area contributed by atoms with Gasteiger partial charge in [-0.1, -0.05) is 19.8 Å². The van der Waals surface area contributed by atoms with Crippen LogP contribution in [0, 0.1) is 39.9 Å². The summed E-state index contributed by atoms with van der Waals surface area (Å²) in [7, 11) is 1.51. The van der Waals surface area contributed by atoms with Gasteiger partial charge >= 0.3 is 0 Å². The predicted molar refractivity (Wildman–Crippen MR) is 138 cm³/mol. The van der Waals surface area contributed by atoms with Crippen LogP contribution in [0.4, 0.5) is 0 Å². The number of nitrogens with zero attached hydrogens (tertiary/aromatic N) is 1. The van der Waals surface area contributed by atoms with Crippen LogP contribution in [0.1, 0.15) is 93.5 Å². The van der Waals surface area contributed by atoms with Crippen LogP contribution in [0.25, 0.3) is 0 Å². The van der Waals surface area contributed by atoms with E-state index >= 15 is 0 Å². The quantitative estimate of drug-likeness (QED) is 0.532. The summed E-state index contributed by atoms with van der Waals surface area (Å²) in [5.74, 6) is 1.06. The monoisotopic (exact) mass is 505 g/mol. The lowest BCUT2D eigenvalue weighted by atomic mass is 9.55. The van der Waals surface area contributed by atoms with Crippen molar-refractivity contribution < 1.29 is 19.1 Å². The largest absolute Gasteiger partial charge is 0.496 e. The van der Waals surface area contributed by atoms with Crippen LogP contribution in [-0.2, 0) is 4.79 Å². The smallest absolute Gasteiger partial charge is 0.255 e. The third-order valence-corrected chi connectivity index (χ3v) is 10.5. The number of carbonyl (C=O) groups excluding carboxylic acids is 2. The van der Waals surface area contributed by atoms with Crippen LogP contribution >= 0.6 is 0 Å². The van der Waals surface area contributed by atoms with Crippen molar-refractivity contribution in [3.05, 3.63) is 23.3 Å². The molecule has 0 saturated heterocycles. The summed E-state index contributed by atoms with van der Waals surface area (Å²) >= 11 is 0. The number of amides is 2. The van der Waals surface area contributed by atoms with Crippen LogP contribution in [0.3, 0.4) is 0 Å². The van der Waals surface area contributed by atoms with Crippen LogP contribution in [0.2, 0.25) is 0 Å². The molecule has 6 rings (SSSR count). The van der Waals surface area contributed by atoms with E-state index in [1.54, 1.807) is 12.1 Å². The molecule has 37 heavy (non-hydrogen) atoms. The summed E-state index contributed by atoms with van der Waals surface area (Å²) in [6.45, 7) is 2.95. The Morgan fingerprint density at radius 1 is 1.08 bits per heavy atom. The van der Waals surface area contributed by atoms with Gasteiger partial charge in [0.15, 0.2) is 0 Å². The van der Waals surface area contributed by atoms with Gasteiger partial charge in [-0.2, -0.15) is 5.26 Å². The molecule has 1 aromatic carbocycles. The average molecular weight is 506 g/mol. The minimum atomic E-state index is -0.267. The van der Waals surface area contributed by atoms with E-state index in [1.165, 1.54) is 32.8 Å². The molecule has 0 radical (unpaired) electrons. The molecule has 4 unspecified atom stereocenters. The van der Waals surface area contributed by atoms with Crippen LogP contribution in [-0.4, -0.2) is 37.6 Å². The average Bonchev–Trinajstić information content (AvgIpc) is 3.43. The van der Waals surface area contributed by atoms with E-state index in [9.17, 15) is 14.9 Å². The van der Waals surface area contributed by atoms with Gasteiger partial charge in [-0.05, 0) is 86.5 Å². The zero-order valence-electron chi connectivity index (χ0n) is 22.1. The van der Waals surface area contributed by atoms with Crippen LogP contribution in [0.5, 0.6) is 11.5 Å². The van der Waals surface area contributed by atoms with Crippen molar-refractivity contribution >= 4 is 11.8 Å². The molecule has 198 valence electrons. The van der Waals surface area contributed by atoms with E-state index in [4.69, 9.17) is 9.47 Å². The second-order valence-electron chi connectivity index (χ2n) is 12.9. The molecule has 5 aliphatic rings. The van der Waals surface area contributed by atoms with Crippen molar-refractivity contribution in [1.29, 1.82) is 5.26 Å². The van der Waals surface area contributed by atoms with Gasteiger partial charge in [0.1, 0.15) is 17.6 Å². The van der Waals surface area contributed by atoms with Gasteiger partial charge in [0.25, 0.3) is 5.91 Å². The zero-order chi connectivity index (χ0) is 25.8. The molecule has 5 saturated carbocycles. The second-order valence-corrected chi connectivity index (χ2v) is 12.9. The minimum absolute atomic E-state index is 0.0800. The molecule has 7 heteroatoms. The minimum Gasteiger partial charge on any atom is -0.496 e. The number of fused-ring (bicyclic) bond motifs is 2. The lowest BCUT2D eigenvalue weighted by molar-refractivity contribution is -0.128. The van der Waals surface area contributed by atoms with Crippen molar-refractivity contribution in [3.8, 4) is 17.6 Å². The molecule has 1 aromatic rings. The third kappa shape index (κ3) is 4.36. The predicted octanol–water partition coefficient (Wildman–Crippen LogP) is 4.73. The Bertz CT molecular complexity index is 1120. The van der Waals surface area contributed by atoms with Gasteiger partial charge in [-0.15, -0.1) is 0 Å². The number of hydrogen-bond acceptors (Lipinski definition) is 5. The van der Waals surface area contributed by atoms with Crippen molar-refractivity contribution in [2.24, 2.45) is 28.6 Å². The maximum absolute atomic E-state index is 13.6. The third-order valence-electron chi connectivity index (χ3n) is 10.5. The van der Waals surface area contributed by atoms with Gasteiger partial charge < -0.3 is 20.1 Å². The lowest BCUT2D eigenvalue weighted by Crippen LogP contribution is -2.51. The zero-order valence-corrected chi connectivity index (χ0v) is 22.1. The van der Waals surface area contributed by atoms with Gasteiger partial charge in [-0.3, -0.25) is 9.59 Å². The Morgan fingerprint density at radius 3 is 2.43 bits per heavy atom. The number of nitrogens with one attached hydrogen (secondary N) is 2. The van der Waals surface area contributed by atoms with E-state index < -0.39 is 0 Å². The fourth-order valence-electron chi connectivity index (χ4n) is 7.83. The van der Waals surface area contributed by atoms with E-state index in [-0.39, 0.29) is 35.3 Å². The summed E-state index contributed by atoms with van der Waals surface area (Å²) in [4.78, 5) is 26.9. The SMILES string of the molecule is COc1cc(C#N)c(OC2CC3(CCC3)C2)cc1C(=O)NC1C2CCC(C2)C1C(=O)NCC1(C)CCC1. The van der Waals surface area contributed by atoms with E-state index in [0.29, 0.717) is 46.4 Å². The summed E-state index contributed by atoms with van der Waals surface area (Å²) < 4.78 is 11.7. The van der Waals surface area contributed by atoms with Gasteiger partial charge in [0.2, 0.25) is 5.91 Å². The molecule has 7 nitrogen and oxygen atoms in total. The van der Waals surface area contributed by atoms with Gasteiger partial charge in [-0.25, -0.2) is 0 Å². The first-order chi connectivity index (χ1) is 17.8. The van der Waals surface area contributed by atoms with E-state index in [2.05, 4.69) is 23.6 Å². The number of carbonyl (C=O) groups is 2. The molecule has 0 heterocycles. The highest BCUT2D eigenvalue weighted by Gasteiger charge is 2.52. The molecule has 2 bridgehead atoms. The maximum atomic E-state index is 13.6. The number of ether oxygens (including phenoxy) is 2. The Kier molecular flexibility index (Phi) is 6.12. The molecule has 2 amide bonds. The Balaban J connectivity index is 1.17. The molecule has 4 atom stereocenters. The summed E-state index contributed by atoms with van der Waals surface area (Å²) in [5.41, 5.74) is 1.41. The molecular formula is C30H39N3O4. The molecule has 2 N–H and O–H groups in total. The van der Waals surface area contributed by atoms with Crippen molar-refractivity contribution in [1.82, 2.24) is 10.6 Å². The Labute approximate surface area is 219 Å². The van der Waals surface area contributed by atoms with E-state index in [0.717, 1.165) is 44.9 Å². The second kappa shape index (κ2) is 9.22. The number of methoxy groups -OCH3 is 1. The highest BCUT2D eigenvalue weighted by Crippen LogP contribution is 2.57. The molecule has 5 aliphatic carbocycles. The van der Waals surface area contributed by atoms with Crippen molar-refractivity contribution in [2.45, 2.75) is 89.7 Å². The van der Waals surface area contributed by atoms with Crippen molar-refractivity contribution in [2.75, 3.05) is 13.7 Å². The molecule has 1 spiro atoms. The maximum Gasteiger partial charge on any atom is 0.255 e. The first kappa shape index (κ1) is 24.6. The van der Waals surface area contributed by atoms with Gasteiger partial charge in [0, 0.05) is 18.7 Å². The Morgan fingerprint density at radius 2 is 1.81 bits per heavy atom. The fourth-order valence-corrected chi connectivity index (χ4v) is 7.83. The van der Waals surface area contributed by atoms with Crippen molar-refractivity contribution in [3.63, 3.8) is 0 Å². The standard InChI is InChI=1S/C30H39N3O4/c1-29(7-3-8-29)17-32-28(35)25-18-5-6-19(11-18)26(25)33-27(34)22-13-23(20(16-31)12-24(22)36-2)37-21-14-30(15-21)9-4-10-30/h12-13,18-19,21,25-26H,3-11,14-15,17H2,1-2H3,(H,32,35)(H,33,34). The normalized spacial score (nSPS) is 30.4. The summed E-state index contributed by atoms with van der Waals surface area (Å²) in [5, 5.41) is 16.2. The first-order valence-corrected chi connectivity index (χ1v) is 14.2. The summed E-state index contributed by atoms with van der Waals surface area (Å²) in [6.07, 6.45) is 12.6. The lowest BCUT2D eigenvalue weighted by Gasteiger charge is -2.53. The fraction of sp³-hybridized carbons (Fsp3) is 0.700. The number of nitriles is 1. The Hall–Kier alpha value is -2.75. The number of hydrogen-bond donors (Lipinski definition) is 2. The van der Waals surface area contributed by atoms with Crippen LogP contribution in [0.15, 0.2) is 12.1 Å². The molecular weight excluding hydrogens is 466 g/mol. The highest BCUT2D eigenvalue weighted by molar-refractivity contribution is 5.98.